The van der Waals surface area contributed by atoms with Gasteiger partial charge in [-0.3, -0.25) is 0 Å². The molecule has 0 bridgehead atoms. The summed E-state index contributed by atoms with van der Waals surface area (Å²) in [5.74, 6) is -0.581. The summed E-state index contributed by atoms with van der Waals surface area (Å²) in [5.41, 5.74) is -2.23. The Morgan fingerprint density at radius 1 is 1.07 bits per heavy atom. The number of phenols is 1. The van der Waals surface area contributed by atoms with Gasteiger partial charge in [0.1, 0.15) is 11.6 Å². The fourth-order valence-corrected chi connectivity index (χ4v) is 3.78. The lowest BCUT2D eigenvalue weighted by molar-refractivity contribution is -0.254. The molecule has 29 heavy (non-hydrogen) atoms. The van der Waals surface area contributed by atoms with Crippen molar-refractivity contribution in [1.29, 1.82) is 0 Å². The third-order valence-corrected chi connectivity index (χ3v) is 5.25. The molecule has 4 rings (SSSR count). The van der Waals surface area contributed by atoms with E-state index in [0.717, 1.165) is 11.3 Å². The molecule has 0 spiro atoms. The molecule has 2 N–H and O–H groups in total. The maximum absolute atomic E-state index is 13.7. The third kappa shape index (κ3) is 3.45. The van der Waals surface area contributed by atoms with Gasteiger partial charge in [0, 0.05) is 16.5 Å². The molecule has 3 aromatic rings. The van der Waals surface area contributed by atoms with Gasteiger partial charge in [-0.05, 0) is 36.4 Å². The summed E-state index contributed by atoms with van der Waals surface area (Å²) in [6.07, 6.45) is -5.85. The van der Waals surface area contributed by atoms with Crippen LogP contribution in [0.1, 0.15) is 12.0 Å². The van der Waals surface area contributed by atoms with E-state index in [4.69, 9.17) is 0 Å². The van der Waals surface area contributed by atoms with Gasteiger partial charge >= 0.3 is 6.18 Å². The first-order valence-corrected chi connectivity index (χ1v) is 9.23. The third-order valence-electron chi connectivity index (χ3n) is 4.43. The Bertz CT molecular complexity index is 1080. The highest BCUT2D eigenvalue weighted by atomic mass is 32.1. The highest BCUT2D eigenvalue weighted by molar-refractivity contribution is 7.14. The average Bonchev–Trinajstić information content (AvgIpc) is 3.27. The summed E-state index contributed by atoms with van der Waals surface area (Å²) in [7, 11) is 0. The smallest absolute Gasteiger partial charge is 0.438 e. The SMILES string of the molecule is Oc1cccc(C2=NN(c3nc(-c4ccc(F)cc4)cs3)[C@@](O)(C(F)(F)F)C2)c1. The number of aliphatic hydroxyl groups is 1. The number of rotatable bonds is 3. The molecule has 0 saturated carbocycles. The van der Waals surface area contributed by atoms with Crippen LogP contribution < -0.4 is 5.01 Å². The highest BCUT2D eigenvalue weighted by Crippen LogP contribution is 2.45. The van der Waals surface area contributed by atoms with Crippen molar-refractivity contribution in [3.05, 3.63) is 65.3 Å². The van der Waals surface area contributed by atoms with Crippen LogP contribution in [-0.2, 0) is 0 Å². The number of benzene rings is 2. The molecule has 0 amide bonds. The highest BCUT2D eigenvalue weighted by Gasteiger charge is 2.62. The zero-order chi connectivity index (χ0) is 20.8. The Morgan fingerprint density at radius 3 is 2.45 bits per heavy atom. The number of thiazole rings is 1. The minimum atomic E-state index is -5.02. The molecule has 2 aromatic carbocycles. The number of aromatic hydroxyl groups is 1. The van der Waals surface area contributed by atoms with Crippen molar-refractivity contribution in [1.82, 2.24) is 4.98 Å². The fraction of sp³-hybridized carbons (Fsp3) is 0.158. The number of nitrogens with zero attached hydrogens (tertiary/aromatic N) is 3. The number of alkyl halides is 3. The monoisotopic (exact) mass is 423 g/mol. The number of hydrogen-bond acceptors (Lipinski definition) is 6. The van der Waals surface area contributed by atoms with Gasteiger partial charge in [-0.2, -0.15) is 23.3 Å². The molecule has 1 aliphatic heterocycles. The normalized spacial score (nSPS) is 19.5. The van der Waals surface area contributed by atoms with E-state index in [-0.39, 0.29) is 22.2 Å². The van der Waals surface area contributed by atoms with E-state index in [0.29, 0.717) is 16.3 Å². The molecule has 0 unspecified atom stereocenters. The van der Waals surface area contributed by atoms with Gasteiger partial charge in [0.15, 0.2) is 0 Å². The summed E-state index contributed by atoms with van der Waals surface area (Å²) in [5, 5.41) is 25.9. The van der Waals surface area contributed by atoms with Crippen LogP contribution in [-0.4, -0.2) is 32.8 Å². The predicted octanol–water partition coefficient (Wildman–Crippen LogP) is 4.52. The summed E-state index contributed by atoms with van der Waals surface area (Å²) in [6, 6.07) is 10.9. The predicted molar refractivity (Wildman–Crippen MR) is 100 cm³/mol. The second-order valence-electron chi connectivity index (χ2n) is 6.42. The summed E-state index contributed by atoms with van der Waals surface area (Å²) >= 11 is 0.869. The van der Waals surface area contributed by atoms with Crippen molar-refractivity contribution in [2.24, 2.45) is 5.10 Å². The van der Waals surface area contributed by atoms with Crippen molar-refractivity contribution in [3.63, 3.8) is 0 Å². The Morgan fingerprint density at radius 2 is 1.79 bits per heavy atom. The van der Waals surface area contributed by atoms with E-state index in [9.17, 15) is 27.8 Å². The van der Waals surface area contributed by atoms with Gasteiger partial charge in [-0.15, -0.1) is 11.3 Å². The number of halogens is 4. The number of aromatic nitrogens is 1. The van der Waals surface area contributed by atoms with Crippen molar-refractivity contribution >= 4 is 22.2 Å². The molecule has 2 heterocycles. The quantitative estimate of drug-likeness (QED) is 0.608. The Kier molecular flexibility index (Phi) is 4.55. The molecule has 5 nitrogen and oxygen atoms in total. The van der Waals surface area contributed by atoms with E-state index >= 15 is 0 Å². The molecule has 150 valence electrons. The molecule has 1 aromatic heterocycles. The molecule has 0 radical (unpaired) electrons. The van der Waals surface area contributed by atoms with Crippen molar-refractivity contribution in [3.8, 4) is 17.0 Å². The van der Waals surface area contributed by atoms with E-state index < -0.39 is 24.1 Å². The lowest BCUT2D eigenvalue weighted by atomic mass is 10.0. The van der Waals surface area contributed by atoms with Crippen LogP contribution in [0.15, 0.2) is 59.0 Å². The van der Waals surface area contributed by atoms with Gasteiger partial charge in [-0.1, -0.05) is 12.1 Å². The van der Waals surface area contributed by atoms with E-state index in [1.165, 1.54) is 53.9 Å². The molecule has 0 fully saturated rings. The van der Waals surface area contributed by atoms with Gasteiger partial charge in [0.05, 0.1) is 17.8 Å². The molecule has 1 aliphatic rings. The molecule has 0 aliphatic carbocycles. The molecule has 0 saturated heterocycles. The zero-order valence-corrected chi connectivity index (χ0v) is 15.4. The van der Waals surface area contributed by atoms with Crippen LogP contribution in [0.2, 0.25) is 0 Å². The summed E-state index contributed by atoms with van der Waals surface area (Å²) in [6.45, 7) is 0. The number of hydrazone groups is 1. The Hall–Kier alpha value is -2.98. The minimum absolute atomic E-state index is 0.0424. The fourth-order valence-electron chi connectivity index (χ4n) is 2.93. The van der Waals surface area contributed by atoms with Crippen molar-refractivity contribution in [2.75, 3.05) is 5.01 Å². The van der Waals surface area contributed by atoms with E-state index in [2.05, 4.69) is 10.1 Å². The van der Waals surface area contributed by atoms with Gasteiger partial charge in [0.2, 0.25) is 5.13 Å². The maximum Gasteiger partial charge on any atom is 0.438 e. The number of anilines is 1. The lowest BCUT2D eigenvalue weighted by Gasteiger charge is -2.32. The van der Waals surface area contributed by atoms with E-state index in [1.54, 1.807) is 0 Å². The second kappa shape index (κ2) is 6.82. The van der Waals surface area contributed by atoms with Gasteiger partial charge in [-0.25, -0.2) is 9.37 Å². The van der Waals surface area contributed by atoms with Crippen LogP contribution in [0.25, 0.3) is 11.3 Å². The summed E-state index contributed by atoms with van der Waals surface area (Å²) in [4.78, 5) is 4.15. The number of hydrogen-bond donors (Lipinski definition) is 2. The minimum Gasteiger partial charge on any atom is -0.508 e. The van der Waals surface area contributed by atoms with Gasteiger partial charge in [0.25, 0.3) is 5.72 Å². The van der Waals surface area contributed by atoms with Crippen LogP contribution >= 0.6 is 11.3 Å². The van der Waals surface area contributed by atoms with Crippen molar-refractivity contribution in [2.45, 2.75) is 18.3 Å². The Labute approximate surface area is 166 Å². The molecule has 1 atom stereocenters. The number of phenolic OH excluding ortho intramolecular Hbond substituents is 1. The topological polar surface area (TPSA) is 69.0 Å². The van der Waals surface area contributed by atoms with Crippen LogP contribution in [0, 0.1) is 5.82 Å². The maximum atomic E-state index is 13.7. The summed E-state index contributed by atoms with van der Waals surface area (Å²) < 4.78 is 54.3. The zero-order valence-electron chi connectivity index (χ0n) is 14.6. The first kappa shape index (κ1) is 19.3. The molecule has 10 heteroatoms. The standard InChI is InChI=1S/C19H13F4N3O2S/c20-13-6-4-11(5-7-13)16-10-29-17(24-16)26-18(28,19(21,22)23)9-15(25-26)12-2-1-3-14(27)8-12/h1-8,10,27-28H,9H2/t18-/m0/s1. The average molecular weight is 423 g/mol. The first-order chi connectivity index (χ1) is 13.7. The lowest BCUT2D eigenvalue weighted by Crippen LogP contribution is -2.55. The largest absolute Gasteiger partial charge is 0.508 e. The second-order valence-corrected chi connectivity index (χ2v) is 7.26. The van der Waals surface area contributed by atoms with E-state index in [1.807, 2.05) is 0 Å². The van der Waals surface area contributed by atoms with Crippen molar-refractivity contribution < 1.29 is 27.8 Å². The van der Waals surface area contributed by atoms with Gasteiger partial charge < -0.3 is 10.2 Å². The molecular formula is C19H13F4N3O2S. The van der Waals surface area contributed by atoms with Crippen LogP contribution in [0.3, 0.4) is 0 Å². The van der Waals surface area contributed by atoms with Crippen LogP contribution in [0.4, 0.5) is 22.7 Å². The van der Waals surface area contributed by atoms with Crippen LogP contribution in [0.5, 0.6) is 5.75 Å². The molecular weight excluding hydrogens is 410 g/mol. The first-order valence-electron chi connectivity index (χ1n) is 8.35. The Balaban J connectivity index is 1.75.